The van der Waals surface area contributed by atoms with Crippen molar-refractivity contribution < 1.29 is 14.3 Å². The Balaban J connectivity index is 2.36. The topological polar surface area (TPSA) is 47.6 Å². The second-order valence-electron chi connectivity index (χ2n) is 5.27. The van der Waals surface area contributed by atoms with Gasteiger partial charge in [0.25, 0.3) is 0 Å². The quantitative estimate of drug-likeness (QED) is 0.919. The molecular formula is C14H20ClNO3. The van der Waals surface area contributed by atoms with Crippen molar-refractivity contribution in [3.8, 4) is 5.75 Å². The van der Waals surface area contributed by atoms with Crippen LogP contribution in [0.1, 0.15) is 27.7 Å². The maximum atomic E-state index is 11.5. The molecule has 4 nitrogen and oxygen atoms in total. The molecule has 1 unspecified atom stereocenters. The first-order chi connectivity index (χ1) is 8.76. The first-order valence-electron chi connectivity index (χ1n) is 6.15. The van der Waals surface area contributed by atoms with Crippen molar-refractivity contribution in [2.45, 2.75) is 39.4 Å². The van der Waals surface area contributed by atoms with E-state index in [-0.39, 0.29) is 6.10 Å². The van der Waals surface area contributed by atoms with E-state index in [1.165, 1.54) is 0 Å². The summed E-state index contributed by atoms with van der Waals surface area (Å²) in [5.41, 5.74) is -0.499. The minimum absolute atomic E-state index is 0.175. The molecule has 0 radical (unpaired) electrons. The minimum atomic E-state index is -0.499. The molecule has 1 N–H and O–H groups in total. The standard InChI is InChI=1S/C14H20ClNO3/c1-10(9-16-13(17)19-14(2,3)4)18-12-7-5-6-11(15)8-12/h5-8,10H,9H2,1-4H3,(H,16,17). The fourth-order valence-corrected chi connectivity index (χ4v) is 1.54. The van der Waals surface area contributed by atoms with E-state index in [1.54, 1.807) is 12.1 Å². The second kappa shape index (κ2) is 6.66. The third-order valence-electron chi connectivity index (χ3n) is 2.07. The normalized spacial score (nSPS) is 12.7. The summed E-state index contributed by atoms with van der Waals surface area (Å²) in [4.78, 5) is 11.5. The molecule has 1 amide bonds. The van der Waals surface area contributed by atoms with Gasteiger partial charge >= 0.3 is 6.09 Å². The summed E-state index contributed by atoms with van der Waals surface area (Å²) in [7, 11) is 0. The van der Waals surface area contributed by atoms with Crippen molar-refractivity contribution >= 4 is 17.7 Å². The average molecular weight is 286 g/mol. The molecule has 1 atom stereocenters. The lowest BCUT2D eigenvalue weighted by atomic mass is 10.2. The van der Waals surface area contributed by atoms with Gasteiger partial charge in [-0.2, -0.15) is 0 Å². The van der Waals surface area contributed by atoms with E-state index in [1.807, 2.05) is 39.8 Å². The zero-order valence-corrected chi connectivity index (χ0v) is 12.5. The summed E-state index contributed by atoms with van der Waals surface area (Å²) < 4.78 is 10.8. The third kappa shape index (κ3) is 6.91. The molecule has 1 rings (SSSR count). The summed E-state index contributed by atoms with van der Waals surface area (Å²) in [6, 6.07) is 7.13. The molecule has 0 aliphatic heterocycles. The van der Waals surface area contributed by atoms with Crippen LogP contribution in [0, 0.1) is 0 Å². The van der Waals surface area contributed by atoms with Gasteiger partial charge in [-0.05, 0) is 45.9 Å². The molecule has 1 aromatic carbocycles. The smallest absolute Gasteiger partial charge is 0.407 e. The molecule has 0 spiro atoms. The van der Waals surface area contributed by atoms with Crippen molar-refractivity contribution in [1.29, 1.82) is 0 Å². The van der Waals surface area contributed by atoms with Crippen LogP contribution in [0.15, 0.2) is 24.3 Å². The van der Waals surface area contributed by atoms with Gasteiger partial charge in [0.1, 0.15) is 17.5 Å². The van der Waals surface area contributed by atoms with Gasteiger partial charge < -0.3 is 14.8 Å². The maximum absolute atomic E-state index is 11.5. The van der Waals surface area contributed by atoms with Crippen LogP contribution in [0.2, 0.25) is 5.02 Å². The zero-order chi connectivity index (χ0) is 14.5. The molecule has 19 heavy (non-hydrogen) atoms. The molecule has 5 heteroatoms. The molecule has 106 valence electrons. The molecule has 0 saturated heterocycles. The van der Waals surface area contributed by atoms with E-state index in [9.17, 15) is 4.79 Å². The third-order valence-corrected chi connectivity index (χ3v) is 2.30. The number of hydrogen-bond acceptors (Lipinski definition) is 3. The van der Waals surface area contributed by atoms with Crippen LogP contribution >= 0.6 is 11.6 Å². The van der Waals surface area contributed by atoms with Gasteiger partial charge in [-0.25, -0.2) is 4.79 Å². The predicted molar refractivity (Wildman–Crippen MR) is 75.8 cm³/mol. The number of amides is 1. The summed E-state index contributed by atoms with van der Waals surface area (Å²) in [6.07, 6.45) is -0.625. The molecular weight excluding hydrogens is 266 g/mol. The number of halogens is 1. The van der Waals surface area contributed by atoms with Crippen LogP contribution in [-0.4, -0.2) is 24.3 Å². The summed E-state index contributed by atoms with van der Waals surface area (Å²) in [6.45, 7) is 7.68. The fourth-order valence-electron chi connectivity index (χ4n) is 1.36. The Hall–Kier alpha value is -1.42. The minimum Gasteiger partial charge on any atom is -0.489 e. The van der Waals surface area contributed by atoms with Crippen LogP contribution in [-0.2, 0) is 4.74 Å². The first kappa shape index (κ1) is 15.6. The van der Waals surface area contributed by atoms with E-state index in [2.05, 4.69) is 5.32 Å². The number of alkyl carbamates (subject to hydrolysis) is 1. The Labute approximate surface area is 119 Å². The molecule has 1 aromatic rings. The molecule has 0 fully saturated rings. The van der Waals surface area contributed by atoms with Crippen LogP contribution < -0.4 is 10.1 Å². The predicted octanol–water partition coefficient (Wildman–Crippen LogP) is 3.63. The summed E-state index contributed by atoms with van der Waals surface area (Å²) in [5.74, 6) is 0.672. The van der Waals surface area contributed by atoms with Crippen molar-refractivity contribution in [3.05, 3.63) is 29.3 Å². The number of rotatable bonds is 4. The highest BCUT2D eigenvalue weighted by molar-refractivity contribution is 6.30. The van der Waals surface area contributed by atoms with Gasteiger partial charge in [0.05, 0.1) is 6.54 Å². The van der Waals surface area contributed by atoms with Crippen molar-refractivity contribution in [1.82, 2.24) is 5.32 Å². The number of benzene rings is 1. The average Bonchev–Trinajstić information content (AvgIpc) is 2.24. The van der Waals surface area contributed by atoms with E-state index < -0.39 is 11.7 Å². The van der Waals surface area contributed by atoms with Gasteiger partial charge in [0.15, 0.2) is 0 Å². The largest absolute Gasteiger partial charge is 0.489 e. The van der Waals surface area contributed by atoms with Crippen molar-refractivity contribution in [2.24, 2.45) is 0 Å². The Morgan fingerprint density at radius 2 is 2.11 bits per heavy atom. The number of nitrogens with one attached hydrogen (secondary N) is 1. The SMILES string of the molecule is CC(CNC(=O)OC(C)(C)C)Oc1cccc(Cl)c1. The van der Waals surface area contributed by atoms with Crippen LogP contribution in [0.25, 0.3) is 0 Å². The Bertz CT molecular complexity index is 429. The summed E-state index contributed by atoms with van der Waals surface area (Å²) >= 11 is 5.86. The fraction of sp³-hybridized carbons (Fsp3) is 0.500. The zero-order valence-electron chi connectivity index (χ0n) is 11.7. The van der Waals surface area contributed by atoms with Crippen LogP contribution in [0.5, 0.6) is 5.75 Å². The highest BCUT2D eigenvalue weighted by Gasteiger charge is 2.16. The van der Waals surface area contributed by atoms with E-state index in [4.69, 9.17) is 21.1 Å². The number of carbonyl (C=O) groups excluding carboxylic acids is 1. The highest BCUT2D eigenvalue weighted by atomic mass is 35.5. The molecule has 0 aromatic heterocycles. The van der Waals surface area contributed by atoms with Gasteiger partial charge in [-0.3, -0.25) is 0 Å². The van der Waals surface area contributed by atoms with Crippen molar-refractivity contribution in [3.63, 3.8) is 0 Å². The lowest BCUT2D eigenvalue weighted by Gasteiger charge is -2.21. The Morgan fingerprint density at radius 3 is 2.68 bits per heavy atom. The van der Waals surface area contributed by atoms with Gasteiger partial charge in [0, 0.05) is 5.02 Å². The number of hydrogen-bond donors (Lipinski definition) is 1. The lowest BCUT2D eigenvalue weighted by Crippen LogP contribution is -2.37. The van der Waals surface area contributed by atoms with Crippen molar-refractivity contribution in [2.75, 3.05) is 6.54 Å². The Kier molecular flexibility index (Phi) is 5.48. The van der Waals surface area contributed by atoms with E-state index in [0.29, 0.717) is 17.3 Å². The van der Waals surface area contributed by atoms with Gasteiger partial charge in [0.2, 0.25) is 0 Å². The molecule has 0 aliphatic rings. The Morgan fingerprint density at radius 1 is 1.42 bits per heavy atom. The second-order valence-corrected chi connectivity index (χ2v) is 5.71. The maximum Gasteiger partial charge on any atom is 0.407 e. The molecule has 0 saturated carbocycles. The molecule has 0 bridgehead atoms. The van der Waals surface area contributed by atoms with Gasteiger partial charge in [-0.1, -0.05) is 17.7 Å². The monoisotopic (exact) mass is 285 g/mol. The molecule has 0 heterocycles. The van der Waals surface area contributed by atoms with Crippen LogP contribution in [0.3, 0.4) is 0 Å². The van der Waals surface area contributed by atoms with E-state index >= 15 is 0 Å². The number of carbonyl (C=O) groups is 1. The van der Waals surface area contributed by atoms with E-state index in [0.717, 1.165) is 0 Å². The molecule has 0 aliphatic carbocycles. The highest BCUT2D eigenvalue weighted by Crippen LogP contribution is 2.18. The summed E-state index contributed by atoms with van der Waals surface area (Å²) in [5, 5.41) is 3.27. The number of ether oxygens (including phenoxy) is 2. The first-order valence-corrected chi connectivity index (χ1v) is 6.53. The van der Waals surface area contributed by atoms with Crippen LogP contribution in [0.4, 0.5) is 4.79 Å². The van der Waals surface area contributed by atoms with Gasteiger partial charge in [-0.15, -0.1) is 0 Å². The lowest BCUT2D eigenvalue weighted by molar-refractivity contribution is 0.0505.